The van der Waals surface area contributed by atoms with Crippen LogP contribution in [-0.4, -0.2) is 23.3 Å². The van der Waals surface area contributed by atoms with Crippen molar-refractivity contribution in [1.82, 2.24) is 5.32 Å². The fourth-order valence-electron chi connectivity index (χ4n) is 1.67. The van der Waals surface area contributed by atoms with Crippen LogP contribution in [0.3, 0.4) is 0 Å². The molecule has 84 valence electrons. The summed E-state index contributed by atoms with van der Waals surface area (Å²) in [6.45, 7) is 4.94. The third-order valence-corrected chi connectivity index (χ3v) is 2.92. The molecule has 0 amide bonds. The summed E-state index contributed by atoms with van der Waals surface area (Å²) in [6, 6.07) is 0.706. The van der Waals surface area contributed by atoms with Gasteiger partial charge in [-0.15, -0.1) is 0 Å². The molecule has 1 aliphatic carbocycles. The number of unbranched alkanes of at least 4 members (excludes halogenated alkanes) is 3. The van der Waals surface area contributed by atoms with E-state index in [1.807, 2.05) is 6.92 Å². The summed E-state index contributed by atoms with van der Waals surface area (Å²) < 4.78 is 0. The maximum absolute atomic E-state index is 10.0. The van der Waals surface area contributed by atoms with Gasteiger partial charge < -0.3 is 10.4 Å². The van der Waals surface area contributed by atoms with Gasteiger partial charge >= 0.3 is 0 Å². The first-order valence-electron chi connectivity index (χ1n) is 6.10. The molecule has 2 N–H and O–H groups in total. The minimum Gasteiger partial charge on any atom is -0.389 e. The highest BCUT2D eigenvalue weighted by molar-refractivity contribution is 4.85. The maximum Gasteiger partial charge on any atom is 0.0743 e. The van der Waals surface area contributed by atoms with Crippen molar-refractivity contribution in [2.75, 3.05) is 6.54 Å². The van der Waals surface area contributed by atoms with Crippen molar-refractivity contribution >= 4 is 0 Å². The van der Waals surface area contributed by atoms with Gasteiger partial charge in [0, 0.05) is 12.6 Å². The summed E-state index contributed by atoms with van der Waals surface area (Å²) in [5, 5.41) is 13.4. The van der Waals surface area contributed by atoms with Gasteiger partial charge in [0.1, 0.15) is 0 Å². The fraction of sp³-hybridized carbons (Fsp3) is 1.00. The quantitative estimate of drug-likeness (QED) is 0.589. The van der Waals surface area contributed by atoms with E-state index in [2.05, 4.69) is 12.2 Å². The molecule has 0 aromatic rings. The van der Waals surface area contributed by atoms with Crippen LogP contribution in [0.15, 0.2) is 0 Å². The molecule has 0 aromatic heterocycles. The van der Waals surface area contributed by atoms with E-state index in [-0.39, 0.29) is 0 Å². The molecule has 0 radical (unpaired) electrons. The van der Waals surface area contributed by atoms with Gasteiger partial charge in [-0.3, -0.25) is 0 Å². The summed E-state index contributed by atoms with van der Waals surface area (Å²) in [4.78, 5) is 0. The second-order valence-corrected chi connectivity index (χ2v) is 4.96. The predicted molar refractivity (Wildman–Crippen MR) is 60.4 cm³/mol. The van der Waals surface area contributed by atoms with Gasteiger partial charge in [0.2, 0.25) is 0 Å². The first-order chi connectivity index (χ1) is 6.64. The smallest absolute Gasteiger partial charge is 0.0743 e. The molecule has 2 heteroatoms. The van der Waals surface area contributed by atoms with Crippen LogP contribution in [0.5, 0.6) is 0 Å². The SMILES string of the molecule is CCCCCCC(C)(O)CNC1CC1. The molecule has 1 rings (SSSR count). The monoisotopic (exact) mass is 199 g/mol. The maximum atomic E-state index is 10.0. The van der Waals surface area contributed by atoms with Crippen molar-refractivity contribution in [3.63, 3.8) is 0 Å². The molecule has 0 saturated heterocycles. The fourth-order valence-corrected chi connectivity index (χ4v) is 1.67. The van der Waals surface area contributed by atoms with E-state index in [1.54, 1.807) is 0 Å². The minimum absolute atomic E-state index is 0.490. The molecule has 0 heterocycles. The van der Waals surface area contributed by atoms with E-state index in [0.29, 0.717) is 6.04 Å². The Bertz CT molecular complexity index is 152. The van der Waals surface area contributed by atoms with Gasteiger partial charge in [0.05, 0.1) is 5.60 Å². The average molecular weight is 199 g/mol. The van der Waals surface area contributed by atoms with Crippen LogP contribution >= 0.6 is 0 Å². The molecule has 0 aromatic carbocycles. The number of hydrogen-bond donors (Lipinski definition) is 2. The van der Waals surface area contributed by atoms with Gasteiger partial charge in [-0.05, 0) is 26.2 Å². The highest BCUT2D eigenvalue weighted by Crippen LogP contribution is 2.21. The number of hydrogen-bond acceptors (Lipinski definition) is 2. The third-order valence-electron chi connectivity index (χ3n) is 2.92. The van der Waals surface area contributed by atoms with Crippen LogP contribution in [-0.2, 0) is 0 Å². The minimum atomic E-state index is -0.490. The lowest BCUT2D eigenvalue weighted by molar-refractivity contribution is 0.0477. The lowest BCUT2D eigenvalue weighted by atomic mass is 9.98. The van der Waals surface area contributed by atoms with E-state index in [4.69, 9.17) is 0 Å². The van der Waals surface area contributed by atoms with E-state index in [9.17, 15) is 5.11 Å². The highest BCUT2D eigenvalue weighted by atomic mass is 16.3. The van der Waals surface area contributed by atoms with Crippen molar-refractivity contribution in [2.45, 2.75) is 70.4 Å². The number of rotatable bonds is 8. The van der Waals surface area contributed by atoms with Crippen LogP contribution in [0.25, 0.3) is 0 Å². The van der Waals surface area contributed by atoms with Crippen LogP contribution < -0.4 is 5.32 Å². The Morgan fingerprint density at radius 2 is 2.00 bits per heavy atom. The van der Waals surface area contributed by atoms with Gasteiger partial charge in [0.25, 0.3) is 0 Å². The number of aliphatic hydroxyl groups is 1. The van der Waals surface area contributed by atoms with E-state index in [1.165, 1.54) is 32.1 Å². The summed E-state index contributed by atoms with van der Waals surface area (Å²) in [6.07, 6.45) is 8.52. The molecule has 0 bridgehead atoms. The Morgan fingerprint density at radius 3 is 2.57 bits per heavy atom. The molecular weight excluding hydrogens is 174 g/mol. The Balaban J connectivity index is 1.99. The predicted octanol–water partition coefficient (Wildman–Crippen LogP) is 2.46. The van der Waals surface area contributed by atoms with Gasteiger partial charge in [-0.2, -0.15) is 0 Å². The van der Waals surface area contributed by atoms with Crippen LogP contribution in [0.2, 0.25) is 0 Å². The second kappa shape index (κ2) is 5.72. The molecule has 1 atom stereocenters. The molecule has 0 aliphatic heterocycles. The summed E-state index contributed by atoms with van der Waals surface area (Å²) >= 11 is 0. The largest absolute Gasteiger partial charge is 0.389 e. The van der Waals surface area contributed by atoms with Gasteiger partial charge in [-0.1, -0.05) is 32.6 Å². The standard InChI is InChI=1S/C12H25NO/c1-3-4-5-6-9-12(2,14)10-13-11-7-8-11/h11,13-14H,3-10H2,1-2H3. The molecule has 0 spiro atoms. The summed E-state index contributed by atoms with van der Waals surface area (Å²) in [5.41, 5.74) is -0.490. The van der Waals surface area contributed by atoms with E-state index < -0.39 is 5.60 Å². The molecule has 1 unspecified atom stereocenters. The molecule has 1 saturated carbocycles. The Morgan fingerprint density at radius 1 is 1.29 bits per heavy atom. The second-order valence-electron chi connectivity index (χ2n) is 4.96. The zero-order valence-corrected chi connectivity index (χ0v) is 9.68. The van der Waals surface area contributed by atoms with Gasteiger partial charge in [0.15, 0.2) is 0 Å². The zero-order valence-electron chi connectivity index (χ0n) is 9.68. The van der Waals surface area contributed by atoms with Crippen molar-refractivity contribution < 1.29 is 5.11 Å². The first-order valence-corrected chi connectivity index (χ1v) is 6.10. The first kappa shape index (κ1) is 12.0. The van der Waals surface area contributed by atoms with E-state index in [0.717, 1.165) is 19.4 Å². The normalized spacial score (nSPS) is 20.8. The van der Waals surface area contributed by atoms with Crippen molar-refractivity contribution in [1.29, 1.82) is 0 Å². The lowest BCUT2D eigenvalue weighted by Gasteiger charge is -2.23. The Kier molecular flexibility index (Phi) is 4.90. The third kappa shape index (κ3) is 5.61. The average Bonchev–Trinajstić information content (AvgIpc) is 2.93. The molecule has 2 nitrogen and oxygen atoms in total. The van der Waals surface area contributed by atoms with Crippen LogP contribution in [0, 0.1) is 0 Å². The molecular formula is C12H25NO. The van der Waals surface area contributed by atoms with Crippen LogP contribution in [0.1, 0.15) is 58.8 Å². The van der Waals surface area contributed by atoms with Crippen LogP contribution in [0.4, 0.5) is 0 Å². The summed E-state index contributed by atoms with van der Waals surface area (Å²) in [7, 11) is 0. The molecule has 1 aliphatic rings. The molecule has 14 heavy (non-hydrogen) atoms. The van der Waals surface area contributed by atoms with Gasteiger partial charge in [-0.25, -0.2) is 0 Å². The highest BCUT2D eigenvalue weighted by Gasteiger charge is 2.25. The van der Waals surface area contributed by atoms with Crippen molar-refractivity contribution in [3.05, 3.63) is 0 Å². The van der Waals surface area contributed by atoms with E-state index >= 15 is 0 Å². The Labute approximate surface area is 88.1 Å². The molecule has 1 fully saturated rings. The Hall–Kier alpha value is -0.0800. The van der Waals surface area contributed by atoms with Crippen molar-refractivity contribution in [2.24, 2.45) is 0 Å². The number of nitrogens with one attached hydrogen (secondary N) is 1. The lowest BCUT2D eigenvalue weighted by Crippen LogP contribution is -2.38. The summed E-state index contributed by atoms with van der Waals surface area (Å²) in [5.74, 6) is 0. The zero-order chi connectivity index (χ0) is 10.4. The van der Waals surface area contributed by atoms with Crippen molar-refractivity contribution in [3.8, 4) is 0 Å². The topological polar surface area (TPSA) is 32.3 Å².